The maximum atomic E-state index is 12.4. The van der Waals surface area contributed by atoms with E-state index in [1.165, 1.54) is 0 Å². The Hall–Kier alpha value is -2.08. The first kappa shape index (κ1) is 22.2. The van der Waals surface area contributed by atoms with Crippen LogP contribution in [-0.2, 0) is 16.0 Å². The normalized spacial score (nSPS) is 17.6. The van der Waals surface area contributed by atoms with Crippen LogP contribution in [0, 0.1) is 5.92 Å². The molecule has 1 aromatic rings. The zero-order chi connectivity index (χ0) is 20.5. The SMILES string of the molecule is CC(C)CCN1CCNC(=O)[C@H]1CC(=O)NCCc1ccc(OC(C)C)cc1. The molecule has 6 heteroatoms. The van der Waals surface area contributed by atoms with Gasteiger partial charge < -0.3 is 15.4 Å². The van der Waals surface area contributed by atoms with Gasteiger partial charge >= 0.3 is 0 Å². The van der Waals surface area contributed by atoms with Gasteiger partial charge in [0.15, 0.2) is 0 Å². The first-order chi connectivity index (χ1) is 13.3. The van der Waals surface area contributed by atoms with E-state index in [0.717, 1.165) is 37.2 Å². The van der Waals surface area contributed by atoms with Gasteiger partial charge in [-0.15, -0.1) is 0 Å². The molecule has 2 rings (SSSR count). The second-order valence-corrected chi connectivity index (χ2v) is 8.14. The van der Waals surface area contributed by atoms with E-state index >= 15 is 0 Å². The van der Waals surface area contributed by atoms with E-state index in [1.54, 1.807) is 0 Å². The Morgan fingerprint density at radius 1 is 1.25 bits per heavy atom. The summed E-state index contributed by atoms with van der Waals surface area (Å²) in [7, 11) is 0. The van der Waals surface area contributed by atoms with E-state index in [9.17, 15) is 9.59 Å². The number of carbonyl (C=O) groups is 2. The highest BCUT2D eigenvalue weighted by Gasteiger charge is 2.31. The van der Waals surface area contributed by atoms with Crippen molar-refractivity contribution in [2.24, 2.45) is 5.92 Å². The van der Waals surface area contributed by atoms with Crippen molar-refractivity contribution in [1.82, 2.24) is 15.5 Å². The molecule has 0 unspecified atom stereocenters. The maximum Gasteiger partial charge on any atom is 0.237 e. The topological polar surface area (TPSA) is 70.7 Å². The lowest BCUT2D eigenvalue weighted by molar-refractivity contribution is -0.134. The number of piperazine rings is 1. The van der Waals surface area contributed by atoms with Gasteiger partial charge in [-0.2, -0.15) is 0 Å². The number of ether oxygens (including phenoxy) is 1. The molecule has 0 spiro atoms. The van der Waals surface area contributed by atoms with Gasteiger partial charge in [-0.05, 0) is 56.8 Å². The Morgan fingerprint density at radius 3 is 2.61 bits per heavy atom. The van der Waals surface area contributed by atoms with Crippen molar-refractivity contribution >= 4 is 11.8 Å². The number of carbonyl (C=O) groups excluding carboxylic acids is 2. The number of hydrogen-bond donors (Lipinski definition) is 2. The van der Waals surface area contributed by atoms with E-state index in [2.05, 4.69) is 29.4 Å². The maximum absolute atomic E-state index is 12.4. The lowest BCUT2D eigenvalue weighted by atomic mass is 10.1. The highest BCUT2D eigenvalue weighted by molar-refractivity contribution is 5.88. The summed E-state index contributed by atoms with van der Waals surface area (Å²) in [5.74, 6) is 1.33. The largest absolute Gasteiger partial charge is 0.491 e. The molecule has 28 heavy (non-hydrogen) atoms. The highest BCUT2D eigenvalue weighted by atomic mass is 16.5. The zero-order valence-corrected chi connectivity index (χ0v) is 17.7. The summed E-state index contributed by atoms with van der Waals surface area (Å²) in [6, 6.07) is 7.59. The molecular formula is C22H35N3O3. The second-order valence-electron chi connectivity index (χ2n) is 8.14. The summed E-state index contributed by atoms with van der Waals surface area (Å²) in [5, 5.41) is 5.84. The highest BCUT2D eigenvalue weighted by Crippen LogP contribution is 2.14. The molecule has 2 N–H and O–H groups in total. The van der Waals surface area contributed by atoms with Gasteiger partial charge in [0.1, 0.15) is 5.75 Å². The van der Waals surface area contributed by atoms with Crippen LogP contribution in [0.3, 0.4) is 0 Å². The summed E-state index contributed by atoms with van der Waals surface area (Å²) in [5.41, 5.74) is 1.14. The molecule has 0 aliphatic carbocycles. The third kappa shape index (κ3) is 7.50. The molecule has 1 heterocycles. The number of amides is 2. The summed E-state index contributed by atoms with van der Waals surface area (Å²) in [4.78, 5) is 26.8. The monoisotopic (exact) mass is 389 g/mol. The summed E-state index contributed by atoms with van der Waals surface area (Å²) in [6.07, 6.45) is 2.15. The molecular weight excluding hydrogens is 354 g/mol. The molecule has 1 aliphatic heterocycles. The third-order valence-electron chi connectivity index (χ3n) is 4.85. The van der Waals surface area contributed by atoms with Gasteiger partial charge in [-0.25, -0.2) is 0 Å². The molecule has 0 saturated carbocycles. The van der Waals surface area contributed by atoms with E-state index in [1.807, 2.05) is 38.1 Å². The number of nitrogens with one attached hydrogen (secondary N) is 2. The minimum Gasteiger partial charge on any atom is -0.491 e. The zero-order valence-electron chi connectivity index (χ0n) is 17.7. The van der Waals surface area contributed by atoms with Crippen LogP contribution in [0.4, 0.5) is 0 Å². The van der Waals surface area contributed by atoms with E-state index in [4.69, 9.17) is 4.74 Å². The smallest absolute Gasteiger partial charge is 0.237 e. The fourth-order valence-corrected chi connectivity index (χ4v) is 3.28. The molecule has 1 aliphatic rings. The number of hydrogen-bond acceptors (Lipinski definition) is 4. The van der Waals surface area contributed by atoms with Gasteiger partial charge in [0, 0.05) is 19.6 Å². The van der Waals surface area contributed by atoms with Crippen molar-refractivity contribution in [3.63, 3.8) is 0 Å². The van der Waals surface area contributed by atoms with Gasteiger partial charge in [0.25, 0.3) is 0 Å². The van der Waals surface area contributed by atoms with E-state index < -0.39 is 0 Å². The van der Waals surface area contributed by atoms with Crippen LogP contribution in [0.5, 0.6) is 5.75 Å². The van der Waals surface area contributed by atoms with Gasteiger partial charge in [0.05, 0.1) is 18.6 Å². The molecule has 1 fully saturated rings. The van der Waals surface area contributed by atoms with Gasteiger partial charge in [0.2, 0.25) is 11.8 Å². The van der Waals surface area contributed by atoms with Crippen LogP contribution >= 0.6 is 0 Å². The van der Waals surface area contributed by atoms with Crippen molar-refractivity contribution in [3.8, 4) is 5.75 Å². The van der Waals surface area contributed by atoms with Crippen molar-refractivity contribution < 1.29 is 14.3 Å². The van der Waals surface area contributed by atoms with Crippen LogP contribution < -0.4 is 15.4 Å². The second kappa shape index (κ2) is 11.1. The quantitative estimate of drug-likeness (QED) is 0.645. The standard InChI is InChI=1S/C22H35N3O3/c1-16(2)10-13-25-14-12-24-22(27)20(25)15-21(26)23-11-9-18-5-7-19(8-6-18)28-17(3)4/h5-8,16-17,20H,9-15H2,1-4H3,(H,23,26)(H,24,27)/t20-/m1/s1. The van der Waals surface area contributed by atoms with Crippen molar-refractivity contribution in [3.05, 3.63) is 29.8 Å². The van der Waals surface area contributed by atoms with Gasteiger partial charge in [-0.3, -0.25) is 14.5 Å². The fraction of sp³-hybridized carbons (Fsp3) is 0.636. The summed E-state index contributed by atoms with van der Waals surface area (Å²) in [6.45, 7) is 11.2. The Bertz CT molecular complexity index is 628. The molecule has 1 aromatic carbocycles. The Labute approximate surface area is 169 Å². The molecule has 0 radical (unpaired) electrons. The predicted octanol–water partition coefficient (Wildman–Crippen LogP) is 2.37. The van der Waals surface area contributed by atoms with Crippen molar-refractivity contribution in [2.45, 2.75) is 59.1 Å². The van der Waals surface area contributed by atoms with Crippen molar-refractivity contribution in [2.75, 3.05) is 26.2 Å². The predicted molar refractivity (Wildman–Crippen MR) is 111 cm³/mol. The van der Waals surface area contributed by atoms with Crippen LogP contribution in [0.15, 0.2) is 24.3 Å². The molecule has 2 amide bonds. The summed E-state index contributed by atoms with van der Waals surface area (Å²) < 4.78 is 5.64. The lowest BCUT2D eigenvalue weighted by Gasteiger charge is -2.35. The Morgan fingerprint density at radius 2 is 1.96 bits per heavy atom. The minimum absolute atomic E-state index is 0.0362. The lowest BCUT2D eigenvalue weighted by Crippen LogP contribution is -2.56. The van der Waals surface area contributed by atoms with Crippen LogP contribution in [0.1, 0.15) is 46.1 Å². The van der Waals surface area contributed by atoms with Crippen LogP contribution in [0.2, 0.25) is 0 Å². The van der Waals surface area contributed by atoms with Gasteiger partial charge in [-0.1, -0.05) is 26.0 Å². The average Bonchev–Trinajstić information content (AvgIpc) is 2.63. The molecule has 156 valence electrons. The molecule has 6 nitrogen and oxygen atoms in total. The average molecular weight is 390 g/mol. The first-order valence-electron chi connectivity index (χ1n) is 10.4. The molecule has 0 bridgehead atoms. The Kier molecular flexibility index (Phi) is 8.77. The van der Waals surface area contributed by atoms with Crippen molar-refractivity contribution in [1.29, 1.82) is 0 Å². The van der Waals surface area contributed by atoms with E-state index in [0.29, 0.717) is 19.0 Å². The van der Waals surface area contributed by atoms with Crippen LogP contribution in [0.25, 0.3) is 0 Å². The Balaban J connectivity index is 1.77. The number of rotatable bonds is 10. The third-order valence-corrected chi connectivity index (χ3v) is 4.85. The molecule has 1 saturated heterocycles. The minimum atomic E-state index is -0.361. The summed E-state index contributed by atoms with van der Waals surface area (Å²) >= 11 is 0. The first-order valence-corrected chi connectivity index (χ1v) is 10.4. The number of nitrogens with zero attached hydrogens (tertiary/aromatic N) is 1. The molecule has 1 atom stereocenters. The fourth-order valence-electron chi connectivity index (χ4n) is 3.28. The van der Waals surface area contributed by atoms with E-state index in [-0.39, 0.29) is 30.4 Å². The molecule has 0 aromatic heterocycles. The number of benzene rings is 1. The van der Waals surface area contributed by atoms with Crippen LogP contribution in [-0.4, -0.2) is 55.0 Å².